The van der Waals surface area contributed by atoms with Crippen molar-refractivity contribution in [1.29, 1.82) is 5.26 Å². The quantitative estimate of drug-likeness (QED) is 0.868. The van der Waals surface area contributed by atoms with E-state index in [1.54, 1.807) is 24.3 Å². The summed E-state index contributed by atoms with van der Waals surface area (Å²) < 4.78 is 5.12. The Morgan fingerprint density at radius 3 is 2.71 bits per heavy atom. The summed E-state index contributed by atoms with van der Waals surface area (Å²) in [7, 11) is 0. The molecular formula is C12H12N4O. The van der Waals surface area contributed by atoms with E-state index < -0.39 is 0 Å². The molecule has 0 saturated carbocycles. The number of rotatable bonds is 3. The van der Waals surface area contributed by atoms with Gasteiger partial charge in [-0.1, -0.05) is 12.1 Å². The van der Waals surface area contributed by atoms with E-state index in [0.717, 1.165) is 12.0 Å². The van der Waals surface area contributed by atoms with Crippen LogP contribution in [0.15, 0.2) is 28.8 Å². The molecule has 0 amide bonds. The molecule has 0 fully saturated rings. The molecule has 0 aliphatic rings. The van der Waals surface area contributed by atoms with Gasteiger partial charge >= 0.3 is 0 Å². The highest BCUT2D eigenvalue weighted by atomic mass is 16.5. The van der Waals surface area contributed by atoms with Crippen LogP contribution in [0.5, 0.6) is 0 Å². The fourth-order valence-electron chi connectivity index (χ4n) is 1.37. The van der Waals surface area contributed by atoms with Crippen LogP contribution in [0.25, 0.3) is 11.5 Å². The van der Waals surface area contributed by atoms with Gasteiger partial charge in [-0.25, -0.2) is 0 Å². The first kappa shape index (κ1) is 11.3. The monoisotopic (exact) mass is 228 g/mol. The standard InChI is InChI=1S/C12H12N4O/c1-2-10(14)11-15-12(17-16-11)9-5-3-8(7-13)4-6-9/h3-6,10H,2,14H2,1H3. The Morgan fingerprint density at radius 2 is 2.12 bits per heavy atom. The summed E-state index contributed by atoms with van der Waals surface area (Å²) in [6.07, 6.45) is 0.756. The Hall–Kier alpha value is -2.19. The first-order valence-corrected chi connectivity index (χ1v) is 5.34. The molecule has 0 bridgehead atoms. The molecule has 1 heterocycles. The molecule has 0 spiro atoms. The fourth-order valence-corrected chi connectivity index (χ4v) is 1.37. The Labute approximate surface area is 98.9 Å². The van der Waals surface area contributed by atoms with Crippen molar-refractivity contribution in [3.8, 4) is 17.5 Å². The van der Waals surface area contributed by atoms with Crippen molar-refractivity contribution in [3.63, 3.8) is 0 Å². The lowest BCUT2D eigenvalue weighted by Crippen LogP contribution is -2.10. The maximum atomic E-state index is 8.69. The molecule has 1 aromatic carbocycles. The smallest absolute Gasteiger partial charge is 0.257 e. The minimum Gasteiger partial charge on any atom is -0.334 e. The highest BCUT2D eigenvalue weighted by Gasteiger charge is 2.13. The van der Waals surface area contributed by atoms with Crippen molar-refractivity contribution in [2.24, 2.45) is 5.73 Å². The van der Waals surface area contributed by atoms with Crippen LogP contribution < -0.4 is 5.73 Å². The van der Waals surface area contributed by atoms with Gasteiger partial charge in [0.25, 0.3) is 5.89 Å². The van der Waals surface area contributed by atoms with Crippen LogP contribution in [-0.2, 0) is 0 Å². The van der Waals surface area contributed by atoms with Gasteiger partial charge in [0.15, 0.2) is 5.82 Å². The van der Waals surface area contributed by atoms with Gasteiger partial charge in [0.05, 0.1) is 17.7 Å². The van der Waals surface area contributed by atoms with Gasteiger partial charge in [0.2, 0.25) is 0 Å². The zero-order valence-corrected chi connectivity index (χ0v) is 9.42. The summed E-state index contributed by atoms with van der Waals surface area (Å²) >= 11 is 0. The summed E-state index contributed by atoms with van der Waals surface area (Å²) in [6.45, 7) is 1.96. The minimum absolute atomic E-state index is 0.203. The Balaban J connectivity index is 2.28. The summed E-state index contributed by atoms with van der Waals surface area (Å²) in [6, 6.07) is 8.81. The molecule has 0 radical (unpaired) electrons. The van der Waals surface area contributed by atoms with Gasteiger partial charge in [0.1, 0.15) is 0 Å². The molecule has 1 unspecified atom stereocenters. The van der Waals surface area contributed by atoms with Crippen LogP contribution in [0.4, 0.5) is 0 Å². The van der Waals surface area contributed by atoms with Crippen molar-refractivity contribution >= 4 is 0 Å². The van der Waals surface area contributed by atoms with Gasteiger partial charge in [-0.3, -0.25) is 0 Å². The lowest BCUT2D eigenvalue weighted by Gasteiger charge is -1.99. The highest BCUT2D eigenvalue weighted by Crippen LogP contribution is 2.19. The van der Waals surface area contributed by atoms with Gasteiger partial charge in [-0.15, -0.1) is 0 Å². The molecular weight excluding hydrogens is 216 g/mol. The average Bonchev–Trinajstić information content (AvgIpc) is 2.87. The second-order valence-electron chi connectivity index (χ2n) is 3.66. The topological polar surface area (TPSA) is 88.7 Å². The number of nitrogens with two attached hydrogens (primary N) is 1. The van der Waals surface area contributed by atoms with Crippen LogP contribution in [0.3, 0.4) is 0 Å². The molecule has 5 nitrogen and oxygen atoms in total. The third-order valence-corrected chi connectivity index (χ3v) is 2.47. The van der Waals surface area contributed by atoms with Gasteiger partial charge in [0, 0.05) is 5.56 Å². The van der Waals surface area contributed by atoms with E-state index in [1.165, 1.54) is 0 Å². The molecule has 1 aromatic heterocycles. The molecule has 5 heteroatoms. The number of benzene rings is 1. The van der Waals surface area contributed by atoms with Crippen molar-refractivity contribution < 1.29 is 4.52 Å². The molecule has 2 rings (SSSR count). The van der Waals surface area contributed by atoms with Crippen molar-refractivity contribution in [3.05, 3.63) is 35.7 Å². The molecule has 0 aliphatic heterocycles. The Bertz CT molecular complexity index is 538. The van der Waals surface area contributed by atoms with Crippen LogP contribution in [-0.4, -0.2) is 10.1 Å². The average molecular weight is 228 g/mol. The van der Waals surface area contributed by atoms with Crippen molar-refractivity contribution in [1.82, 2.24) is 10.1 Å². The number of hydrogen-bond acceptors (Lipinski definition) is 5. The number of nitriles is 1. The number of aromatic nitrogens is 2. The lowest BCUT2D eigenvalue weighted by molar-refractivity contribution is 0.415. The van der Waals surface area contributed by atoms with Gasteiger partial charge < -0.3 is 10.3 Å². The molecule has 0 saturated heterocycles. The van der Waals surface area contributed by atoms with E-state index in [1.807, 2.05) is 6.92 Å². The maximum Gasteiger partial charge on any atom is 0.257 e. The normalized spacial score (nSPS) is 12.1. The van der Waals surface area contributed by atoms with E-state index in [2.05, 4.69) is 16.2 Å². The van der Waals surface area contributed by atoms with Gasteiger partial charge in [-0.2, -0.15) is 10.2 Å². The van der Waals surface area contributed by atoms with Crippen LogP contribution in [0, 0.1) is 11.3 Å². The molecule has 0 aliphatic carbocycles. The van der Waals surface area contributed by atoms with Crippen molar-refractivity contribution in [2.45, 2.75) is 19.4 Å². The first-order chi connectivity index (χ1) is 8.24. The lowest BCUT2D eigenvalue weighted by atomic mass is 10.1. The minimum atomic E-state index is -0.203. The Kier molecular flexibility index (Phi) is 3.17. The largest absolute Gasteiger partial charge is 0.334 e. The zero-order chi connectivity index (χ0) is 12.3. The Morgan fingerprint density at radius 1 is 1.41 bits per heavy atom. The highest BCUT2D eigenvalue weighted by molar-refractivity contribution is 5.54. The van der Waals surface area contributed by atoms with Crippen molar-refractivity contribution in [2.75, 3.05) is 0 Å². The van der Waals surface area contributed by atoms with E-state index in [0.29, 0.717) is 17.3 Å². The van der Waals surface area contributed by atoms with E-state index in [9.17, 15) is 0 Å². The summed E-state index contributed by atoms with van der Waals surface area (Å²) in [4.78, 5) is 4.22. The van der Waals surface area contributed by atoms with E-state index in [-0.39, 0.29) is 6.04 Å². The zero-order valence-electron chi connectivity index (χ0n) is 9.42. The van der Waals surface area contributed by atoms with Gasteiger partial charge in [-0.05, 0) is 30.7 Å². The predicted octanol–water partition coefficient (Wildman–Crippen LogP) is 2.02. The first-order valence-electron chi connectivity index (χ1n) is 5.34. The van der Waals surface area contributed by atoms with E-state index >= 15 is 0 Å². The number of nitrogens with zero attached hydrogens (tertiary/aromatic N) is 3. The second-order valence-corrected chi connectivity index (χ2v) is 3.66. The molecule has 1 atom stereocenters. The van der Waals surface area contributed by atoms with Crippen LogP contribution >= 0.6 is 0 Å². The second kappa shape index (κ2) is 4.76. The summed E-state index contributed by atoms with van der Waals surface area (Å²) in [5.41, 5.74) is 7.18. The molecule has 2 aromatic rings. The molecule has 2 N–H and O–H groups in total. The maximum absolute atomic E-state index is 8.69. The number of hydrogen-bond donors (Lipinski definition) is 1. The fraction of sp³-hybridized carbons (Fsp3) is 0.250. The van der Waals surface area contributed by atoms with Crippen LogP contribution in [0.1, 0.15) is 30.8 Å². The molecule has 17 heavy (non-hydrogen) atoms. The van der Waals surface area contributed by atoms with E-state index in [4.69, 9.17) is 15.5 Å². The summed E-state index contributed by atoms with van der Waals surface area (Å²) in [5, 5.41) is 12.5. The third-order valence-electron chi connectivity index (χ3n) is 2.47. The summed E-state index contributed by atoms with van der Waals surface area (Å²) in [5.74, 6) is 0.931. The third kappa shape index (κ3) is 2.32. The predicted molar refractivity (Wildman–Crippen MR) is 61.7 cm³/mol. The SMILES string of the molecule is CCC(N)c1noc(-c2ccc(C#N)cc2)n1. The van der Waals surface area contributed by atoms with Crippen LogP contribution in [0.2, 0.25) is 0 Å². The molecule has 86 valence electrons.